The van der Waals surface area contributed by atoms with E-state index in [4.69, 9.17) is 10.5 Å². The summed E-state index contributed by atoms with van der Waals surface area (Å²) in [5.41, 5.74) is 6.00. The van der Waals surface area contributed by atoms with E-state index in [-0.39, 0.29) is 35.6 Å². The summed E-state index contributed by atoms with van der Waals surface area (Å²) in [5.74, 6) is 0.349. The monoisotopic (exact) mass is 474 g/mol. The van der Waals surface area contributed by atoms with Gasteiger partial charge in [0, 0.05) is 5.69 Å². The Kier molecular flexibility index (Phi) is 8.66. The van der Waals surface area contributed by atoms with E-state index in [9.17, 15) is 4.79 Å². The molecule has 2 rings (SSSR count). The Labute approximate surface area is 173 Å². The molecule has 4 N–H and O–H groups in total. The lowest BCUT2D eigenvalue weighted by atomic mass is 9.82. The van der Waals surface area contributed by atoms with Gasteiger partial charge < -0.3 is 21.1 Å². The molecular formula is C19H31IN4O2. The van der Waals surface area contributed by atoms with Crippen LogP contribution in [0, 0.1) is 0 Å². The number of para-hydroxylation sites is 1. The maximum atomic E-state index is 12.2. The Morgan fingerprint density at radius 2 is 1.81 bits per heavy atom. The van der Waals surface area contributed by atoms with Gasteiger partial charge in [0.2, 0.25) is 0 Å². The number of amides is 1. The number of nitrogens with zero attached hydrogens (tertiary/aromatic N) is 1. The molecule has 0 aromatic heterocycles. The highest BCUT2D eigenvalue weighted by Gasteiger charge is 2.35. The van der Waals surface area contributed by atoms with Gasteiger partial charge in [0.05, 0.1) is 12.1 Å². The second-order valence-corrected chi connectivity index (χ2v) is 7.66. The molecule has 0 spiro atoms. The molecule has 7 heteroatoms. The van der Waals surface area contributed by atoms with Gasteiger partial charge in [-0.2, -0.15) is 0 Å². The summed E-state index contributed by atoms with van der Waals surface area (Å²) in [6.45, 7) is 6.03. The zero-order valence-corrected chi connectivity index (χ0v) is 18.2. The Bertz CT molecular complexity index is 593. The standard InChI is InChI=1S/C19H30N4O2.HI/c1-18(2,3)25-17(24)23-19(12-8-5-9-13-19)14-21-16(20)22-15-10-6-4-7-11-15;/h4,6-7,10-11H,5,8-9,12-14H2,1-3H3,(H,23,24)(H3,20,21,22);1H. The number of alkyl carbamates (subject to hydrolysis) is 1. The van der Waals surface area contributed by atoms with Crippen molar-refractivity contribution in [2.45, 2.75) is 64.0 Å². The zero-order chi connectivity index (χ0) is 18.3. The van der Waals surface area contributed by atoms with Crippen molar-refractivity contribution >= 4 is 41.7 Å². The van der Waals surface area contributed by atoms with Crippen LogP contribution in [0.15, 0.2) is 35.3 Å². The van der Waals surface area contributed by atoms with E-state index in [0.29, 0.717) is 12.5 Å². The predicted octanol–water partition coefficient (Wildman–Crippen LogP) is 4.26. The SMILES string of the molecule is CC(C)(C)OC(=O)NC1(CN=C(N)Nc2ccccc2)CCCCC1.I. The van der Waals surface area contributed by atoms with Gasteiger partial charge in [-0.1, -0.05) is 37.5 Å². The first-order valence-corrected chi connectivity index (χ1v) is 8.91. The Morgan fingerprint density at radius 1 is 1.19 bits per heavy atom. The third kappa shape index (κ3) is 7.80. The molecule has 1 aliphatic rings. The molecule has 1 aromatic rings. The molecule has 0 radical (unpaired) electrons. The second-order valence-electron chi connectivity index (χ2n) is 7.66. The molecule has 1 saturated carbocycles. The topological polar surface area (TPSA) is 88.7 Å². The van der Waals surface area contributed by atoms with Crippen LogP contribution >= 0.6 is 24.0 Å². The van der Waals surface area contributed by atoms with Gasteiger partial charge in [-0.05, 0) is 45.7 Å². The van der Waals surface area contributed by atoms with Gasteiger partial charge in [0.15, 0.2) is 5.96 Å². The van der Waals surface area contributed by atoms with Gasteiger partial charge >= 0.3 is 6.09 Å². The van der Waals surface area contributed by atoms with Crippen LogP contribution in [0.2, 0.25) is 0 Å². The minimum atomic E-state index is -0.517. The summed E-state index contributed by atoms with van der Waals surface area (Å²) < 4.78 is 5.42. The van der Waals surface area contributed by atoms with Crippen LogP contribution in [0.5, 0.6) is 0 Å². The number of halogens is 1. The molecule has 26 heavy (non-hydrogen) atoms. The summed E-state index contributed by atoms with van der Waals surface area (Å²) >= 11 is 0. The highest BCUT2D eigenvalue weighted by molar-refractivity contribution is 14.0. The fourth-order valence-electron chi connectivity index (χ4n) is 3.02. The van der Waals surface area contributed by atoms with Crippen LogP contribution in [0.1, 0.15) is 52.9 Å². The molecule has 146 valence electrons. The Hall–Kier alpha value is -1.51. The van der Waals surface area contributed by atoms with Crippen LogP contribution in [0.3, 0.4) is 0 Å². The summed E-state index contributed by atoms with van der Waals surface area (Å²) in [7, 11) is 0. The molecule has 1 aromatic carbocycles. The van der Waals surface area contributed by atoms with E-state index in [1.165, 1.54) is 6.42 Å². The van der Waals surface area contributed by atoms with Crippen LogP contribution in [0.25, 0.3) is 0 Å². The summed E-state index contributed by atoms with van der Waals surface area (Å²) in [5, 5.41) is 6.13. The maximum absolute atomic E-state index is 12.2. The third-order valence-corrected chi connectivity index (χ3v) is 4.18. The number of nitrogens with two attached hydrogens (primary N) is 1. The van der Waals surface area contributed by atoms with E-state index < -0.39 is 5.60 Å². The van der Waals surface area contributed by atoms with Crippen molar-refractivity contribution < 1.29 is 9.53 Å². The van der Waals surface area contributed by atoms with Crippen molar-refractivity contribution in [1.29, 1.82) is 0 Å². The Balaban J connectivity index is 0.00000338. The molecule has 0 saturated heterocycles. The van der Waals surface area contributed by atoms with E-state index in [1.54, 1.807) is 0 Å². The number of anilines is 1. The maximum Gasteiger partial charge on any atom is 0.408 e. The van der Waals surface area contributed by atoms with E-state index in [1.807, 2.05) is 51.1 Å². The minimum Gasteiger partial charge on any atom is -0.444 e. The number of rotatable bonds is 4. The number of hydrogen-bond acceptors (Lipinski definition) is 3. The molecule has 1 amide bonds. The van der Waals surface area contributed by atoms with Gasteiger partial charge in [0.25, 0.3) is 0 Å². The molecule has 0 aliphatic heterocycles. The number of carbonyl (C=O) groups excluding carboxylic acids is 1. The van der Waals surface area contributed by atoms with Crippen LogP contribution in [-0.2, 0) is 4.74 Å². The zero-order valence-electron chi connectivity index (χ0n) is 15.9. The highest BCUT2D eigenvalue weighted by atomic mass is 127. The van der Waals surface area contributed by atoms with Crippen LogP contribution in [0.4, 0.5) is 10.5 Å². The molecular weight excluding hydrogens is 443 g/mol. The first-order chi connectivity index (χ1) is 11.8. The quantitative estimate of drug-likeness (QED) is 0.346. The molecule has 0 bridgehead atoms. The molecule has 0 atom stereocenters. The first kappa shape index (κ1) is 22.5. The van der Waals surface area contributed by atoms with E-state index in [2.05, 4.69) is 15.6 Å². The normalized spacial score (nSPS) is 17.0. The summed E-state index contributed by atoms with van der Waals surface area (Å²) in [6, 6.07) is 9.67. The molecule has 0 heterocycles. The lowest BCUT2D eigenvalue weighted by Crippen LogP contribution is -2.53. The number of carbonyl (C=O) groups is 1. The van der Waals surface area contributed by atoms with Crippen molar-refractivity contribution in [3.8, 4) is 0 Å². The highest BCUT2D eigenvalue weighted by Crippen LogP contribution is 2.29. The largest absolute Gasteiger partial charge is 0.444 e. The summed E-state index contributed by atoms with van der Waals surface area (Å²) in [4.78, 5) is 16.7. The molecule has 1 aliphatic carbocycles. The smallest absolute Gasteiger partial charge is 0.408 e. The lowest BCUT2D eigenvalue weighted by molar-refractivity contribution is 0.0431. The lowest BCUT2D eigenvalue weighted by Gasteiger charge is -2.37. The average molecular weight is 474 g/mol. The third-order valence-electron chi connectivity index (χ3n) is 4.18. The summed E-state index contributed by atoms with van der Waals surface area (Å²) in [6.07, 6.45) is 4.69. The van der Waals surface area contributed by atoms with Gasteiger partial charge in [0.1, 0.15) is 5.60 Å². The van der Waals surface area contributed by atoms with Crippen molar-refractivity contribution in [2.24, 2.45) is 10.7 Å². The number of ether oxygens (including phenoxy) is 1. The van der Waals surface area contributed by atoms with Crippen molar-refractivity contribution in [1.82, 2.24) is 5.32 Å². The fourth-order valence-corrected chi connectivity index (χ4v) is 3.02. The van der Waals surface area contributed by atoms with E-state index >= 15 is 0 Å². The van der Waals surface area contributed by atoms with Gasteiger partial charge in [-0.25, -0.2) is 4.79 Å². The number of hydrogen-bond donors (Lipinski definition) is 3. The van der Waals surface area contributed by atoms with Crippen molar-refractivity contribution in [3.05, 3.63) is 30.3 Å². The molecule has 6 nitrogen and oxygen atoms in total. The number of aliphatic imine (C=N–C) groups is 1. The van der Waals surface area contributed by atoms with Crippen molar-refractivity contribution in [2.75, 3.05) is 11.9 Å². The minimum absolute atomic E-state index is 0. The Morgan fingerprint density at radius 3 is 2.38 bits per heavy atom. The van der Waals surface area contributed by atoms with Crippen molar-refractivity contribution in [3.63, 3.8) is 0 Å². The first-order valence-electron chi connectivity index (χ1n) is 8.91. The van der Waals surface area contributed by atoms with E-state index in [0.717, 1.165) is 31.4 Å². The average Bonchev–Trinajstić information content (AvgIpc) is 2.53. The number of guanidine groups is 1. The number of benzene rings is 1. The van der Waals surface area contributed by atoms with Gasteiger partial charge in [-0.15, -0.1) is 24.0 Å². The second kappa shape index (κ2) is 9.99. The molecule has 0 unspecified atom stereocenters. The van der Waals surface area contributed by atoms with Crippen LogP contribution in [-0.4, -0.2) is 29.7 Å². The molecule has 1 fully saturated rings. The fraction of sp³-hybridized carbons (Fsp3) is 0.579. The van der Waals surface area contributed by atoms with Crippen LogP contribution < -0.4 is 16.4 Å². The van der Waals surface area contributed by atoms with Gasteiger partial charge in [-0.3, -0.25) is 4.99 Å². The predicted molar refractivity (Wildman–Crippen MR) is 117 cm³/mol. The number of nitrogens with one attached hydrogen (secondary N) is 2.